The van der Waals surface area contributed by atoms with Crippen molar-refractivity contribution in [1.82, 2.24) is 0 Å². The van der Waals surface area contributed by atoms with Crippen LogP contribution in [-0.2, 0) is 11.4 Å². The van der Waals surface area contributed by atoms with Gasteiger partial charge in [0.25, 0.3) is 5.91 Å². The monoisotopic (exact) mass is 558 g/mol. The van der Waals surface area contributed by atoms with Crippen molar-refractivity contribution < 1.29 is 14.3 Å². The number of para-hydroxylation sites is 1. The summed E-state index contributed by atoms with van der Waals surface area (Å²) in [7, 11) is 0. The maximum absolute atomic E-state index is 13.1. The summed E-state index contributed by atoms with van der Waals surface area (Å²) < 4.78 is 12.6. The number of hydrazone groups is 1. The van der Waals surface area contributed by atoms with Gasteiger partial charge < -0.3 is 9.47 Å². The lowest BCUT2D eigenvalue weighted by Crippen LogP contribution is -2.21. The van der Waals surface area contributed by atoms with Crippen LogP contribution in [0, 0.1) is 0 Å². The molecule has 0 atom stereocenters. The SMILES string of the molecule is CCOc1cc(/C=C2/C(=O)N(c3ccccc3)N=C2C)cc(Br)c1OCc1ccc(Cl)cc1Cl. The molecule has 3 aromatic rings. The quantitative estimate of drug-likeness (QED) is 0.281. The van der Waals surface area contributed by atoms with Crippen LogP contribution >= 0.6 is 39.1 Å². The Morgan fingerprint density at radius 3 is 2.53 bits per heavy atom. The van der Waals surface area contributed by atoms with Gasteiger partial charge in [-0.3, -0.25) is 4.79 Å². The van der Waals surface area contributed by atoms with Crippen LogP contribution < -0.4 is 14.5 Å². The molecule has 0 aliphatic carbocycles. The van der Waals surface area contributed by atoms with Crippen LogP contribution in [0.15, 0.2) is 75.8 Å². The molecule has 0 fully saturated rings. The van der Waals surface area contributed by atoms with Crippen LogP contribution in [-0.4, -0.2) is 18.2 Å². The van der Waals surface area contributed by atoms with Crippen LogP contribution in [0.1, 0.15) is 25.0 Å². The second kappa shape index (κ2) is 10.6. The highest BCUT2D eigenvalue weighted by Crippen LogP contribution is 2.39. The summed E-state index contributed by atoms with van der Waals surface area (Å²) in [6.07, 6.45) is 1.80. The molecule has 34 heavy (non-hydrogen) atoms. The zero-order valence-corrected chi connectivity index (χ0v) is 21.6. The third-order valence-corrected chi connectivity index (χ3v) is 6.27. The average Bonchev–Trinajstić information content (AvgIpc) is 3.09. The largest absolute Gasteiger partial charge is 0.490 e. The molecule has 0 unspecified atom stereocenters. The second-order valence-electron chi connectivity index (χ2n) is 7.48. The van der Waals surface area contributed by atoms with Crippen molar-refractivity contribution >= 4 is 62.5 Å². The van der Waals surface area contributed by atoms with Crippen LogP contribution in [0.4, 0.5) is 5.69 Å². The minimum atomic E-state index is -0.185. The minimum Gasteiger partial charge on any atom is -0.490 e. The molecule has 5 nitrogen and oxygen atoms in total. The number of nitrogens with zero attached hydrogens (tertiary/aromatic N) is 2. The van der Waals surface area contributed by atoms with E-state index in [-0.39, 0.29) is 12.5 Å². The smallest absolute Gasteiger partial charge is 0.280 e. The molecule has 1 aliphatic heterocycles. The molecule has 1 aliphatic rings. The fraction of sp³-hybridized carbons (Fsp3) is 0.154. The van der Waals surface area contributed by atoms with E-state index in [1.807, 2.05) is 62.4 Å². The molecule has 0 aromatic heterocycles. The van der Waals surface area contributed by atoms with E-state index in [2.05, 4.69) is 21.0 Å². The van der Waals surface area contributed by atoms with Crippen molar-refractivity contribution in [3.63, 3.8) is 0 Å². The number of hydrogen-bond donors (Lipinski definition) is 0. The minimum absolute atomic E-state index is 0.185. The first-order chi connectivity index (χ1) is 16.4. The molecule has 1 heterocycles. The predicted octanol–water partition coefficient (Wildman–Crippen LogP) is 7.54. The first-order valence-electron chi connectivity index (χ1n) is 10.6. The molecular weight excluding hydrogens is 539 g/mol. The maximum Gasteiger partial charge on any atom is 0.280 e. The number of carbonyl (C=O) groups is 1. The molecule has 0 radical (unpaired) electrons. The van der Waals surface area contributed by atoms with Gasteiger partial charge in [-0.2, -0.15) is 10.1 Å². The molecule has 0 spiro atoms. The summed E-state index contributed by atoms with van der Waals surface area (Å²) in [6, 6.07) is 18.3. The van der Waals surface area contributed by atoms with Crippen molar-refractivity contribution in [1.29, 1.82) is 0 Å². The van der Waals surface area contributed by atoms with Crippen LogP contribution in [0.5, 0.6) is 11.5 Å². The summed E-state index contributed by atoms with van der Waals surface area (Å²) in [5.74, 6) is 0.910. The topological polar surface area (TPSA) is 51.1 Å². The van der Waals surface area contributed by atoms with Gasteiger partial charge in [-0.25, -0.2) is 0 Å². The molecule has 4 rings (SSSR count). The molecule has 174 valence electrons. The number of anilines is 1. The number of amides is 1. The third kappa shape index (κ3) is 5.30. The van der Waals surface area contributed by atoms with E-state index in [1.165, 1.54) is 5.01 Å². The molecule has 0 saturated heterocycles. The highest BCUT2D eigenvalue weighted by molar-refractivity contribution is 9.10. The first-order valence-corrected chi connectivity index (χ1v) is 12.1. The summed E-state index contributed by atoms with van der Waals surface area (Å²) in [5, 5.41) is 6.94. The van der Waals surface area contributed by atoms with Gasteiger partial charge in [0.2, 0.25) is 0 Å². The van der Waals surface area contributed by atoms with E-state index in [0.29, 0.717) is 43.9 Å². The molecule has 1 amide bonds. The van der Waals surface area contributed by atoms with Gasteiger partial charge in [-0.15, -0.1) is 0 Å². The Bertz CT molecular complexity index is 1290. The lowest BCUT2D eigenvalue weighted by molar-refractivity contribution is -0.114. The fourth-order valence-electron chi connectivity index (χ4n) is 3.46. The summed E-state index contributed by atoms with van der Waals surface area (Å²) in [4.78, 5) is 13.1. The van der Waals surface area contributed by atoms with Gasteiger partial charge in [0.1, 0.15) is 6.61 Å². The summed E-state index contributed by atoms with van der Waals surface area (Å²) in [6.45, 7) is 4.41. The fourth-order valence-corrected chi connectivity index (χ4v) is 4.50. The normalized spacial score (nSPS) is 14.5. The lowest BCUT2D eigenvalue weighted by Gasteiger charge is -2.15. The van der Waals surface area contributed by atoms with E-state index in [0.717, 1.165) is 16.8 Å². The molecule has 0 saturated carbocycles. The van der Waals surface area contributed by atoms with Crippen molar-refractivity contribution in [2.75, 3.05) is 11.6 Å². The predicted molar refractivity (Wildman–Crippen MR) is 141 cm³/mol. The van der Waals surface area contributed by atoms with Crippen molar-refractivity contribution in [3.8, 4) is 11.5 Å². The molecule has 3 aromatic carbocycles. The van der Waals surface area contributed by atoms with E-state index >= 15 is 0 Å². The Kier molecular flexibility index (Phi) is 7.61. The van der Waals surface area contributed by atoms with Crippen LogP contribution in [0.25, 0.3) is 6.08 Å². The van der Waals surface area contributed by atoms with Crippen molar-refractivity contribution in [2.24, 2.45) is 5.10 Å². The van der Waals surface area contributed by atoms with E-state index in [1.54, 1.807) is 18.2 Å². The van der Waals surface area contributed by atoms with E-state index < -0.39 is 0 Å². The molecule has 0 bridgehead atoms. The Morgan fingerprint density at radius 2 is 1.82 bits per heavy atom. The Hall–Kier alpha value is -2.80. The number of benzene rings is 3. The van der Waals surface area contributed by atoms with Crippen molar-refractivity contribution in [2.45, 2.75) is 20.5 Å². The van der Waals surface area contributed by atoms with Gasteiger partial charge in [0.05, 0.1) is 28.1 Å². The van der Waals surface area contributed by atoms with Gasteiger partial charge in [-0.1, -0.05) is 47.5 Å². The number of rotatable bonds is 7. The average molecular weight is 560 g/mol. The Balaban J connectivity index is 1.61. The standard InChI is InChI=1S/C26H21BrCl2N2O3/c1-3-33-24-13-17(11-21-16(2)30-31(26(21)32)20-7-5-4-6-8-20)12-22(27)25(24)34-15-18-9-10-19(28)14-23(18)29/h4-14H,3,15H2,1-2H3/b21-11+. The van der Waals surface area contributed by atoms with E-state index in [9.17, 15) is 4.79 Å². The molecule has 0 N–H and O–H groups in total. The highest BCUT2D eigenvalue weighted by Gasteiger charge is 2.28. The van der Waals surface area contributed by atoms with Gasteiger partial charge in [0, 0.05) is 15.6 Å². The summed E-state index contributed by atoms with van der Waals surface area (Å²) >= 11 is 15.8. The maximum atomic E-state index is 13.1. The lowest BCUT2D eigenvalue weighted by atomic mass is 10.1. The molecule has 8 heteroatoms. The highest BCUT2D eigenvalue weighted by atomic mass is 79.9. The Morgan fingerprint density at radius 1 is 1.06 bits per heavy atom. The summed E-state index contributed by atoms with van der Waals surface area (Å²) in [5.41, 5.74) is 3.45. The number of halogens is 3. The Labute approximate surface area is 216 Å². The van der Waals surface area contributed by atoms with E-state index in [4.69, 9.17) is 32.7 Å². The first kappa shape index (κ1) is 24.3. The van der Waals surface area contributed by atoms with Crippen molar-refractivity contribution in [3.05, 3.63) is 91.9 Å². The second-order valence-corrected chi connectivity index (χ2v) is 9.18. The number of ether oxygens (including phenoxy) is 2. The number of hydrogen-bond acceptors (Lipinski definition) is 4. The number of carbonyl (C=O) groups excluding carboxylic acids is 1. The van der Waals surface area contributed by atoms with Gasteiger partial charge >= 0.3 is 0 Å². The molecular formula is C26H21BrCl2N2O3. The van der Waals surface area contributed by atoms with Crippen LogP contribution in [0.3, 0.4) is 0 Å². The zero-order chi connectivity index (χ0) is 24.2. The van der Waals surface area contributed by atoms with Gasteiger partial charge in [-0.05, 0) is 77.8 Å². The third-order valence-electron chi connectivity index (χ3n) is 5.09. The van der Waals surface area contributed by atoms with Crippen LogP contribution in [0.2, 0.25) is 10.0 Å². The zero-order valence-electron chi connectivity index (χ0n) is 18.5. The van der Waals surface area contributed by atoms with Gasteiger partial charge in [0.15, 0.2) is 11.5 Å².